The van der Waals surface area contributed by atoms with E-state index < -0.39 is 23.1 Å². The van der Waals surface area contributed by atoms with E-state index >= 15 is 0 Å². The van der Waals surface area contributed by atoms with Gasteiger partial charge in [-0.15, -0.1) is 0 Å². The summed E-state index contributed by atoms with van der Waals surface area (Å²) in [6.45, 7) is 2.06. The van der Waals surface area contributed by atoms with E-state index in [2.05, 4.69) is 5.32 Å². The van der Waals surface area contributed by atoms with E-state index in [1.807, 2.05) is 0 Å². The molecule has 1 aromatic heterocycles. The Labute approximate surface area is 177 Å². The van der Waals surface area contributed by atoms with Crippen molar-refractivity contribution in [1.29, 1.82) is 0 Å². The first-order chi connectivity index (χ1) is 13.5. The van der Waals surface area contributed by atoms with Gasteiger partial charge in [-0.05, 0) is 37.3 Å². The monoisotopic (exact) mass is 462 g/mol. The first-order valence-electron chi connectivity index (χ1n) is 8.23. The van der Waals surface area contributed by atoms with Gasteiger partial charge in [0.1, 0.15) is 5.56 Å². The molecule has 0 aliphatic heterocycles. The second-order valence-electron chi connectivity index (χ2n) is 6.09. The van der Waals surface area contributed by atoms with Crippen molar-refractivity contribution in [2.45, 2.75) is 19.6 Å². The number of nitrogens with one attached hydrogen (secondary N) is 1. The minimum atomic E-state index is -4.62. The first-order valence-corrected chi connectivity index (χ1v) is 9.36. The second-order valence-corrected chi connectivity index (χ2v) is 7.31. The Morgan fingerprint density at radius 3 is 2.34 bits per heavy atom. The molecule has 0 aliphatic carbocycles. The number of aromatic nitrogens is 1. The quantitative estimate of drug-likeness (QED) is 0.467. The normalized spacial score (nSPS) is 11.7. The van der Waals surface area contributed by atoms with Crippen LogP contribution in [0.25, 0.3) is 10.9 Å². The number of hydrogen-bond donors (Lipinski definition) is 1. The van der Waals surface area contributed by atoms with Crippen molar-refractivity contribution in [3.8, 4) is 0 Å². The van der Waals surface area contributed by atoms with Crippen molar-refractivity contribution in [3.05, 3.63) is 72.9 Å². The number of pyridine rings is 1. The summed E-state index contributed by atoms with van der Waals surface area (Å²) in [4.78, 5) is 25.5. The number of aryl methyl sites for hydroxylation is 1. The lowest BCUT2D eigenvalue weighted by atomic mass is 10.1. The smallest absolute Gasteiger partial charge is 0.347 e. The first kappa shape index (κ1) is 21.5. The molecule has 0 spiro atoms. The van der Waals surface area contributed by atoms with Crippen molar-refractivity contribution >= 4 is 57.3 Å². The fraction of sp³-hybridized carbons (Fsp3) is 0.158. The Balaban J connectivity index is 2.14. The van der Waals surface area contributed by atoms with Crippen LogP contribution in [0.4, 0.5) is 18.9 Å². The van der Waals surface area contributed by atoms with Gasteiger partial charge in [0.15, 0.2) is 0 Å². The van der Waals surface area contributed by atoms with Crippen LogP contribution >= 0.6 is 34.8 Å². The number of fused-ring (bicyclic) bond motifs is 1. The summed E-state index contributed by atoms with van der Waals surface area (Å²) in [5, 5.41) is 2.62. The highest BCUT2D eigenvalue weighted by Gasteiger charge is 2.31. The summed E-state index contributed by atoms with van der Waals surface area (Å²) in [7, 11) is 0. The maximum atomic E-state index is 13.1. The molecule has 0 radical (unpaired) electrons. The Bertz CT molecular complexity index is 1190. The van der Waals surface area contributed by atoms with Crippen molar-refractivity contribution in [2.24, 2.45) is 0 Å². The lowest BCUT2D eigenvalue weighted by molar-refractivity contribution is -0.137. The Kier molecular flexibility index (Phi) is 5.85. The summed E-state index contributed by atoms with van der Waals surface area (Å²) in [5.41, 5.74) is -1.74. The molecule has 0 fully saturated rings. The molecule has 10 heteroatoms. The van der Waals surface area contributed by atoms with Crippen molar-refractivity contribution in [1.82, 2.24) is 4.57 Å². The van der Waals surface area contributed by atoms with E-state index in [0.717, 1.165) is 12.1 Å². The summed E-state index contributed by atoms with van der Waals surface area (Å²) >= 11 is 17.8. The average molecular weight is 464 g/mol. The number of benzene rings is 2. The third-order valence-electron chi connectivity index (χ3n) is 4.25. The number of amides is 1. The molecule has 0 unspecified atom stereocenters. The van der Waals surface area contributed by atoms with E-state index in [1.54, 1.807) is 6.92 Å². The second kappa shape index (κ2) is 7.89. The van der Waals surface area contributed by atoms with E-state index in [0.29, 0.717) is 6.54 Å². The van der Waals surface area contributed by atoms with E-state index in [-0.39, 0.29) is 37.2 Å². The van der Waals surface area contributed by atoms with Crippen LogP contribution in [0.2, 0.25) is 15.1 Å². The van der Waals surface area contributed by atoms with Crippen LogP contribution in [-0.4, -0.2) is 10.5 Å². The Morgan fingerprint density at radius 1 is 1.07 bits per heavy atom. The van der Waals surface area contributed by atoms with Crippen LogP contribution in [0, 0.1) is 0 Å². The van der Waals surface area contributed by atoms with Crippen molar-refractivity contribution < 1.29 is 18.0 Å². The highest BCUT2D eigenvalue weighted by molar-refractivity contribution is 6.44. The highest BCUT2D eigenvalue weighted by atomic mass is 35.5. The zero-order valence-electron chi connectivity index (χ0n) is 14.7. The van der Waals surface area contributed by atoms with Crippen molar-refractivity contribution in [3.63, 3.8) is 0 Å². The topological polar surface area (TPSA) is 51.1 Å². The molecule has 4 nitrogen and oxygen atoms in total. The van der Waals surface area contributed by atoms with Crippen LogP contribution in [0.3, 0.4) is 0 Å². The zero-order valence-corrected chi connectivity index (χ0v) is 17.0. The number of anilines is 1. The van der Waals surface area contributed by atoms with Gasteiger partial charge in [-0.3, -0.25) is 9.59 Å². The SMILES string of the molecule is CCn1cc(C(=O)Nc2cc(Cl)c(Cl)cc2Cl)c(=O)c2cc(C(F)(F)F)ccc21. The van der Waals surface area contributed by atoms with E-state index in [1.165, 1.54) is 29.0 Å². The van der Waals surface area contributed by atoms with Crippen LogP contribution in [0.5, 0.6) is 0 Å². The summed E-state index contributed by atoms with van der Waals surface area (Å²) < 4.78 is 40.7. The van der Waals surface area contributed by atoms with E-state index in [4.69, 9.17) is 34.8 Å². The molecule has 0 saturated heterocycles. The number of nitrogens with zero attached hydrogens (tertiary/aromatic N) is 1. The van der Waals surface area contributed by atoms with E-state index in [9.17, 15) is 22.8 Å². The lowest BCUT2D eigenvalue weighted by Crippen LogP contribution is -2.24. The Hall–Kier alpha value is -2.22. The number of carbonyl (C=O) groups excluding carboxylic acids is 1. The standard InChI is InChI=1S/C19H12Cl3F3N2O2/c1-2-27-8-11(18(29)26-15-7-13(21)12(20)6-14(15)22)17(28)10-5-9(19(23,24)25)3-4-16(10)27/h3-8H,2H2,1H3,(H,26,29). The summed E-state index contributed by atoms with van der Waals surface area (Å²) in [6.07, 6.45) is -3.33. The van der Waals surface area contributed by atoms with Crippen molar-refractivity contribution in [2.75, 3.05) is 5.32 Å². The number of carbonyl (C=O) groups is 1. The third-order valence-corrected chi connectivity index (χ3v) is 5.29. The van der Waals surface area contributed by atoms with Crippen LogP contribution in [0.1, 0.15) is 22.8 Å². The van der Waals surface area contributed by atoms with Gasteiger partial charge >= 0.3 is 6.18 Å². The van der Waals surface area contributed by atoms with Gasteiger partial charge < -0.3 is 9.88 Å². The number of halogens is 6. The average Bonchev–Trinajstić information content (AvgIpc) is 2.65. The molecular formula is C19H12Cl3F3N2O2. The molecule has 1 amide bonds. The molecular weight excluding hydrogens is 452 g/mol. The number of rotatable bonds is 3. The highest BCUT2D eigenvalue weighted by Crippen LogP contribution is 2.33. The van der Waals surface area contributed by atoms with Gasteiger partial charge in [-0.2, -0.15) is 13.2 Å². The van der Waals surface area contributed by atoms with Gasteiger partial charge in [-0.25, -0.2) is 0 Å². The fourth-order valence-electron chi connectivity index (χ4n) is 2.81. The molecule has 1 heterocycles. The van der Waals surface area contributed by atoms with Gasteiger partial charge in [0, 0.05) is 18.1 Å². The summed E-state index contributed by atoms with van der Waals surface area (Å²) in [5.74, 6) is -0.836. The minimum Gasteiger partial charge on any atom is -0.347 e. The van der Waals surface area contributed by atoms with Gasteiger partial charge in [0.25, 0.3) is 5.91 Å². The minimum absolute atomic E-state index is 0.0868. The summed E-state index contributed by atoms with van der Waals surface area (Å²) in [6, 6.07) is 5.48. The molecule has 152 valence electrons. The third kappa shape index (κ3) is 4.22. The lowest BCUT2D eigenvalue weighted by Gasteiger charge is -2.14. The number of hydrogen-bond acceptors (Lipinski definition) is 2. The molecule has 2 aromatic carbocycles. The predicted molar refractivity (Wildman–Crippen MR) is 108 cm³/mol. The molecule has 3 aromatic rings. The predicted octanol–water partition coefficient (Wildman–Crippen LogP) is 6.25. The van der Waals surface area contributed by atoms with Gasteiger partial charge in [0.2, 0.25) is 5.43 Å². The molecule has 0 bridgehead atoms. The number of alkyl halides is 3. The van der Waals surface area contributed by atoms with Crippen LogP contribution in [0.15, 0.2) is 41.3 Å². The molecule has 0 atom stereocenters. The largest absolute Gasteiger partial charge is 0.416 e. The van der Waals surface area contributed by atoms with Gasteiger partial charge in [-0.1, -0.05) is 34.8 Å². The molecule has 3 rings (SSSR count). The zero-order chi connectivity index (χ0) is 21.5. The molecule has 1 N–H and O–H groups in total. The molecule has 0 aliphatic rings. The molecule has 0 saturated carbocycles. The van der Waals surface area contributed by atoms with Crippen LogP contribution in [-0.2, 0) is 12.7 Å². The fourth-order valence-corrected chi connectivity index (χ4v) is 3.40. The Morgan fingerprint density at radius 2 is 1.72 bits per heavy atom. The maximum Gasteiger partial charge on any atom is 0.416 e. The maximum absolute atomic E-state index is 13.1. The van der Waals surface area contributed by atoms with Crippen LogP contribution < -0.4 is 10.7 Å². The van der Waals surface area contributed by atoms with Gasteiger partial charge in [0.05, 0.1) is 31.8 Å². The molecule has 29 heavy (non-hydrogen) atoms.